The van der Waals surface area contributed by atoms with Crippen LogP contribution in [0.3, 0.4) is 0 Å². The molecule has 1 fully saturated rings. The molecule has 0 spiro atoms. The lowest BCUT2D eigenvalue weighted by atomic mass is 10.0. The summed E-state index contributed by atoms with van der Waals surface area (Å²) in [4.78, 5) is 19.2. The molecule has 0 radical (unpaired) electrons. The first kappa shape index (κ1) is 13.8. The Balaban J connectivity index is 1.97. The average molecular weight is 286 g/mol. The van der Waals surface area contributed by atoms with Crippen LogP contribution in [0.4, 0.5) is 0 Å². The molecule has 1 aliphatic rings. The predicted molar refractivity (Wildman–Crippen MR) is 79.3 cm³/mol. The molecule has 1 aromatic heterocycles. The number of aromatic amines is 1. The van der Waals surface area contributed by atoms with E-state index in [1.807, 2.05) is 31.2 Å². The largest absolute Gasteiger partial charge is 0.493 e. The molecule has 5 nitrogen and oxygen atoms in total. The van der Waals surface area contributed by atoms with E-state index in [-0.39, 0.29) is 17.0 Å². The summed E-state index contributed by atoms with van der Waals surface area (Å²) in [5.74, 6) is 0.671. The van der Waals surface area contributed by atoms with Gasteiger partial charge in [-0.25, -0.2) is 0 Å². The van der Waals surface area contributed by atoms with Crippen LogP contribution in [-0.4, -0.2) is 28.3 Å². The van der Waals surface area contributed by atoms with Crippen molar-refractivity contribution >= 4 is 0 Å². The molecule has 1 atom stereocenters. The van der Waals surface area contributed by atoms with Crippen LogP contribution in [0, 0.1) is 12.8 Å². The Hall–Kier alpha value is -2.14. The Morgan fingerprint density at radius 1 is 1.43 bits per heavy atom. The number of H-pyrrole nitrogens is 1. The number of aryl methyl sites for hydroxylation is 1. The van der Waals surface area contributed by atoms with E-state index in [1.165, 1.54) is 0 Å². The van der Waals surface area contributed by atoms with Gasteiger partial charge in [0, 0.05) is 19.6 Å². The zero-order valence-electron chi connectivity index (χ0n) is 11.9. The minimum absolute atomic E-state index is 0.207. The van der Waals surface area contributed by atoms with Crippen LogP contribution >= 0.6 is 0 Å². The highest BCUT2D eigenvalue weighted by Crippen LogP contribution is 2.26. The highest BCUT2D eigenvalue weighted by molar-refractivity contribution is 5.70. The van der Waals surface area contributed by atoms with Crippen LogP contribution in [-0.2, 0) is 11.2 Å². The molecular weight excluding hydrogens is 268 g/mol. The van der Waals surface area contributed by atoms with Gasteiger partial charge in [-0.1, -0.05) is 24.3 Å². The molecule has 1 aromatic carbocycles. The lowest BCUT2D eigenvalue weighted by Gasteiger charge is -2.10. The second-order valence-corrected chi connectivity index (χ2v) is 5.46. The van der Waals surface area contributed by atoms with Crippen LogP contribution in [0.2, 0.25) is 0 Å². The Bertz CT molecular complexity index is 703. The van der Waals surface area contributed by atoms with Gasteiger partial charge in [0.25, 0.3) is 5.56 Å². The molecule has 0 aliphatic carbocycles. The molecule has 2 heterocycles. The molecule has 1 unspecified atom stereocenters. The fourth-order valence-corrected chi connectivity index (χ4v) is 2.72. The van der Waals surface area contributed by atoms with Crippen molar-refractivity contribution in [2.75, 3.05) is 13.2 Å². The normalized spacial score (nSPS) is 18.0. The number of benzene rings is 1. The van der Waals surface area contributed by atoms with Gasteiger partial charge >= 0.3 is 0 Å². The van der Waals surface area contributed by atoms with Crippen molar-refractivity contribution in [3.05, 3.63) is 46.0 Å². The summed E-state index contributed by atoms with van der Waals surface area (Å²) in [6, 6.07) is 7.45. The van der Waals surface area contributed by atoms with E-state index in [9.17, 15) is 9.90 Å². The van der Waals surface area contributed by atoms with Crippen molar-refractivity contribution in [1.29, 1.82) is 0 Å². The van der Waals surface area contributed by atoms with Gasteiger partial charge in [-0.2, -0.15) is 4.98 Å². The maximum atomic E-state index is 12.3. The van der Waals surface area contributed by atoms with Crippen LogP contribution < -0.4 is 5.56 Å². The first-order chi connectivity index (χ1) is 10.1. The smallest absolute Gasteiger partial charge is 0.262 e. The van der Waals surface area contributed by atoms with Crippen LogP contribution in [0.25, 0.3) is 11.1 Å². The van der Waals surface area contributed by atoms with E-state index in [1.54, 1.807) is 0 Å². The van der Waals surface area contributed by atoms with E-state index in [2.05, 4.69) is 9.97 Å². The first-order valence-electron chi connectivity index (χ1n) is 7.11. The standard InChI is InChI=1S/C16H18N2O3/c1-10-4-2-3-5-12(10)14-15(19)17-13(18-16(14)20)8-11-6-7-21-9-11/h2-5,11H,6-9H2,1H3,(H2,17,18,19,20). The number of ether oxygens (including phenoxy) is 1. The summed E-state index contributed by atoms with van der Waals surface area (Å²) in [5, 5.41) is 10.2. The number of hydrogen-bond acceptors (Lipinski definition) is 4. The molecule has 0 bridgehead atoms. The number of nitrogens with one attached hydrogen (secondary N) is 1. The first-order valence-corrected chi connectivity index (χ1v) is 7.11. The van der Waals surface area contributed by atoms with Crippen molar-refractivity contribution in [3.8, 4) is 17.0 Å². The maximum Gasteiger partial charge on any atom is 0.262 e. The third-order valence-corrected chi connectivity index (χ3v) is 3.87. The molecule has 110 valence electrons. The Morgan fingerprint density at radius 2 is 2.24 bits per heavy atom. The van der Waals surface area contributed by atoms with Gasteiger partial charge in [-0.05, 0) is 30.4 Å². The summed E-state index contributed by atoms with van der Waals surface area (Å²) in [5.41, 5.74) is 1.57. The van der Waals surface area contributed by atoms with Crippen LogP contribution in [0.5, 0.6) is 5.88 Å². The Labute approximate surface area is 122 Å². The summed E-state index contributed by atoms with van der Waals surface area (Å²) in [6.45, 7) is 3.34. The number of aromatic nitrogens is 2. The molecule has 0 saturated carbocycles. The number of hydrogen-bond donors (Lipinski definition) is 2. The minimum Gasteiger partial charge on any atom is -0.493 e. The monoisotopic (exact) mass is 286 g/mol. The summed E-state index contributed by atoms with van der Waals surface area (Å²) >= 11 is 0. The third-order valence-electron chi connectivity index (χ3n) is 3.87. The lowest BCUT2D eigenvalue weighted by molar-refractivity contribution is 0.185. The molecule has 21 heavy (non-hydrogen) atoms. The highest BCUT2D eigenvalue weighted by atomic mass is 16.5. The zero-order valence-corrected chi connectivity index (χ0v) is 11.9. The lowest BCUT2D eigenvalue weighted by Crippen LogP contribution is -2.17. The van der Waals surface area contributed by atoms with Gasteiger partial charge in [0.05, 0.1) is 0 Å². The van der Waals surface area contributed by atoms with E-state index in [0.29, 0.717) is 30.3 Å². The molecule has 5 heteroatoms. The fourth-order valence-electron chi connectivity index (χ4n) is 2.72. The topological polar surface area (TPSA) is 75.2 Å². The maximum absolute atomic E-state index is 12.3. The molecule has 2 aromatic rings. The van der Waals surface area contributed by atoms with Gasteiger partial charge in [0.15, 0.2) is 0 Å². The van der Waals surface area contributed by atoms with Crippen molar-refractivity contribution < 1.29 is 9.84 Å². The predicted octanol–water partition coefficient (Wildman–Crippen LogP) is 2.03. The number of rotatable bonds is 3. The second-order valence-electron chi connectivity index (χ2n) is 5.46. The van der Waals surface area contributed by atoms with Crippen LogP contribution in [0.15, 0.2) is 29.1 Å². The van der Waals surface area contributed by atoms with Crippen molar-refractivity contribution in [2.24, 2.45) is 5.92 Å². The number of aromatic hydroxyl groups is 1. The minimum atomic E-state index is -0.300. The quantitative estimate of drug-likeness (QED) is 0.905. The summed E-state index contributed by atoms with van der Waals surface area (Å²) in [6.07, 6.45) is 1.58. The summed E-state index contributed by atoms with van der Waals surface area (Å²) < 4.78 is 5.32. The molecule has 1 saturated heterocycles. The van der Waals surface area contributed by atoms with Gasteiger partial charge in [0.2, 0.25) is 5.88 Å². The Morgan fingerprint density at radius 3 is 2.90 bits per heavy atom. The summed E-state index contributed by atoms with van der Waals surface area (Å²) in [7, 11) is 0. The molecule has 1 aliphatic heterocycles. The fraction of sp³-hybridized carbons (Fsp3) is 0.375. The van der Waals surface area contributed by atoms with Crippen LogP contribution in [0.1, 0.15) is 17.8 Å². The second kappa shape index (κ2) is 5.69. The van der Waals surface area contributed by atoms with E-state index < -0.39 is 0 Å². The third kappa shape index (κ3) is 2.83. The van der Waals surface area contributed by atoms with Crippen molar-refractivity contribution in [2.45, 2.75) is 19.8 Å². The number of nitrogens with zero attached hydrogens (tertiary/aromatic N) is 1. The van der Waals surface area contributed by atoms with Gasteiger partial charge in [0.1, 0.15) is 11.4 Å². The van der Waals surface area contributed by atoms with Gasteiger partial charge < -0.3 is 14.8 Å². The van der Waals surface area contributed by atoms with Gasteiger partial charge in [-0.3, -0.25) is 4.79 Å². The van der Waals surface area contributed by atoms with E-state index >= 15 is 0 Å². The molecular formula is C16H18N2O3. The molecule has 2 N–H and O–H groups in total. The highest BCUT2D eigenvalue weighted by Gasteiger charge is 2.20. The van der Waals surface area contributed by atoms with Crippen molar-refractivity contribution in [1.82, 2.24) is 9.97 Å². The van der Waals surface area contributed by atoms with E-state index in [4.69, 9.17) is 4.74 Å². The molecule has 0 amide bonds. The van der Waals surface area contributed by atoms with E-state index in [0.717, 1.165) is 18.6 Å². The zero-order chi connectivity index (χ0) is 14.8. The van der Waals surface area contributed by atoms with Gasteiger partial charge in [-0.15, -0.1) is 0 Å². The molecule has 3 rings (SSSR count). The average Bonchev–Trinajstić information content (AvgIpc) is 2.93. The Kier molecular flexibility index (Phi) is 3.75. The SMILES string of the molecule is Cc1ccccc1-c1c(O)nc(CC2CCOC2)[nH]c1=O. The van der Waals surface area contributed by atoms with Crippen molar-refractivity contribution in [3.63, 3.8) is 0 Å².